The van der Waals surface area contributed by atoms with Crippen LogP contribution in [0.2, 0.25) is 0 Å². The molecule has 1 aliphatic heterocycles. The summed E-state index contributed by atoms with van der Waals surface area (Å²) >= 11 is 3.57. The van der Waals surface area contributed by atoms with Crippen molar-refractivity contribution >= 4 is 21.6 Å². The van der Waals surface area contributed by atoms with Gasteiger partial charge in [0, 0.05) is 48.4 Å². The van der Waals surface area contributed by atoms with Crippen LogP contribution in [0.1, 0.15) is 32.4 Å². The van der Waals surface area contributed by atoms with Crippen LogP contribution in [0.4, 0.5) is 5.69 Å². The molecule has 1 saturated heterocycles. The lowest BCUT2D eigenvalue weighted by atomic mass is 10.1. The van der Waals surface area contributed by atoms with Gasteiger partial charge in [-0.1, -0.05) is 22.0 Å². The fourth-order valence-electron chi connectivity index (χ4n) is 2.65. The number of nitrogens with zero attached hydrogens (tertiary/aromatic N) is 2. The van der Waals surface area contributed by atoms with Gasteiger partial charge in [-0.25, -0.2) is 0 Å². The highest BCUT2D eigenvalue weighted by Crippen LogP contribution is 2.29. The Labute approximate surface area is 124 Å². The molecular weight excluding hydrogens is 302 g/mol. The van der Waals surface area contributed by atoms with Crippen LogP contribution < -0.4 is 10.6 Å². The summed E-state index contributed by atoms with van der Waals surface area (Å²) in [6.07, 6.45) is 0. The minimum atomic E-state index is 0.0752. The van der Waals surface area contributed by atoms with E-state index in [1.165, 1.54) is 11.3 Å². The van der Waals surface area contributed by atoms with E-state index in [1.54, 1.807) is 0 Å². The van der Waals surface area contributed by atoms with E-state index < -0.39 is 0 Å². The molecule has 0 amide bonds. The first-order valence-electron chi connectivity index (χ1n) is 7.03. The van der Waals surface area contributed by atoms with Crippen LogP contribution in [-0.4, -0.2) is 37.1 Å². The highest BCUT2D eigenvalue weighted by Gasteiger charge is 2.21. The van der Waals surface area contributed by atoms with E-state index in [-0.39, 0.29) is 6.04 Å². The lowest BCUT2D eigenvalue weighted by Gasteiger charge is -2.39. The zero-order valence-electron chi connectivity index (χ0n) is 12.1. The molecule has 2 N–H and O–H groups in total. The van der Waals surface area contributed by atoms with Gasteiger partial charge in [0.1, 0.15) is 0 Å². The summed E-state index contributed by atoms with van der Waals surface area (Å²) in [5, 5.41) is 0. The van der Waals surface area contributed by atoms with Crippen molar-refractivity contribution < 1.29 is 0 Å². The molecule has 19 heavy (non-hydrogen) atoms. The molecule has 0 bridgehead atoms. The maximum Gasteiger partial charge on any atom is 0.0426 e. The smallest absolute Gasteiger partial charge is 0.0426 e. The quantitative estimate of drug-likeness (QED) is 0.927. The summed E-state index contributed by atoms with van der Waals surface area (Å²) < 4.78 is 1.12. The maximum absolute atomic E-state index is 6.09. The molecule has 1 aliphatic rings. The first-order valence-corrected chi connectivity index (χ1v) is 7.82. The van der Waals surface area contributed by atoms with Gasteiger partial charge in [0.05, 0.1) is 0 Å². The number of benzene rings is 1. The molecule has 1 heterocycles. The van der Waals surface area contributed by atoms with Crippen molar-refractivity contribution in [2.45, 2.75) is 32.9 Å². The third-order valence-corrected chi connectivity index (χ3v) is 4.36. The highest BCUT2D eigenvalue weighted by atomic mass is 79.9. The van der Waals surface area contributed by atoms with Gasteiger partial charge < -0.3 is 10.6 Å². The molecule has 0 radical (unpaired) electrons. The third-order valence-electron chi connectivity index (χ3n) is 3.87. The van der Waals surface area contributed by atoms with E-state index in [0.717, 1.165) is 30.7 Å². The minimum Gasteiger partial charge on any atom is -0.369 e. The van der Waals surface area contributed by atoms with E-state index in [0.29, 0.717) is 6.04 Å². The molecule has 0 aromatic heterocycles. The number of piperazine rings is 1. The van der Waals surface area contributed by atoms with E-state index in [2.05, 4.69) is 64.7 Å². The highest BCUT2D eigenvalue weighted by molar-refractivity contribution is 9.10. The van der Waals surface area contributed by atoms with Crippen molar-refractivity contribution in [3.63, 3.8) is 0 Å². The molecule has 0 aliphatic carbocycles. The Kier molecular flexibility index (Phi) is 4.87. The zero-order chi connectivity index (χ0) is 14.0. The minimum absolute atomic E-state index is 0.0752. The van der Waals surface area contributed by atoms with Crippen molar-refractivity contribution in [1.82, 2.24) is 4.90 Å². The lowest BCUT2D eigenvalue weighted by molar-refractivity contribution is 0.209. The molecule has 2 rings (SSSR count). The van der Waals surface area contributed by atoms with Gasteiger partial charge in [0.25, 0.3) is 0 Å². The second-order valence-corrected chi connectivity index (χ2v) is 6.52. The first kappa shape index (κ1) is 14.8. The van der Waals surface area contributed by atoms with Crippen LogP contribution in [-0.2, 0) is 0 Å². The number of hydrogen-bond acceptors (Lipinski definition) is 3. The van der Waals surface area contributed by atoms with Gasteiger partial charge in [-0.2, -0.15) is 0 Å². The molecule has 0 spiro atoms. The fraction of sp³-hybridized carbons (Fsp3) is 0.600. The Hall–Kier alpha value is -0.580. The Morgan fingerprint density at radius 3 is 2.26 bits per heavy atom. The van der Waals surface area contributed by atoms with Crippen molar-refractivity contribution in [3.05, 3.63) is 28.2 Å². The number of hydrogen-bond donors (Lipinski definition) is 1. The average molecular weight is 326 g/mol. The maximum atomic E-state index is 6.09. The van der Waals surface area contributed by atoms with E-state index in [1.807, 2.05) is 0 Å². The van der Waals surface area contributed by atoms with Gasteiger partial charge in [-0.3, -0.25) is 4.90 Å². The fourth-order valence-corrected chi connectivity index (χ4v) is 3.00. The Balaban J connectivity index is 2.16. The number of nitrogens with two attached hydrogens (primary N) is 1. The topological polar surface area (TPSA) is 32.5 Å². The van der Waals surface area contributed by atoms with Crippen molar-refractivity contribution in [2.75, 3.05) is 31.1 Å². The molecule has 4 heteroatoms. The second-order valence-electron chi connectivity index (χ2n) is 5.61. The van der Waals surface area contributed by atoms with Crippen molar-refractivity contribution in [1.29, 1.82) is 0 Å². The van der Waals surface area contributed by atoms with Crippen LogP contribution in [0, 0.1) is 0 Å². The molecule has 106 valence electrons. The van der Waals surface area contributed by atoms with Crippen LogP contribution in [0.5, 0.6) is 0 Å². The van der Waals surface area contributed by atoms with E-state index in [9.17, 15) is 0 Å². The Morgan fingerprint density at radius 2 is 1.74 bits per heavy atom. The van der Waals surface area contributed by atoms with Crippen molar-refractivity contribution in [2.24, 2.45) is 5.73 Å². The Morgan fingerprint density at radius 1 is 1.11 bits per heavy atom. The third kappa shape index (κ3) is 3.50. The van der Waals surface area contributed by atoms with E-state index >= 15 is 0 Å². The summed E-state index contributed by atoms with van der Waals surface area (Å²) in [6.45, 7) is 11.0. The first-order chi connectivity index (χ1) is 8.99. The SMILES string of the molecule is CC(N)c1ccc(Br)cc1N1CCN(C(C)C)CC1. The summed E-state index contributed by atoms with van der Waals surface area (Å²) in [5.41, 5.74) is 8.62. The average Bonchev–Trinajstić information content (AvgIpc) is 2.38. The van der Waals surface area contributed by atoms with E-state index in [4.69, 9.17) is 5.73 Å². The molecule has 3 nitrogen and oxygen atoms in total. The molecule has 0 saturated carbocycles. The van der Waals surface area contributed by atoms with Gasteiger partial charge in [-0.05, 0) is 38.5 Å². The van der Waals surface area contributed by atoms with Crippen LogP contribution in [0.25, 0.3) is 0 Å². The van der Waals surface area contributed by atoms with Gasteiger partial charge >= 0.3 is 0 Å². The molecular formula is C15H24BrN3. The standard InChI is InChI=1S/C15H24BrN3/c1-11(2)18-6-8-19(9-7-18)15-10-13(16)4-5-14(15)12(3)17/h4-5,10-12H,6-9,17H2,1-3H3. The predicted molar refractivity (Wildman–Crippen MR) is 85.7 cm³/mol. The largest absolute Gasteiger partial charge is 0.369 e. The number of rotatable bonds is 3. The summed E-state index contributed by atoms with van der Waals surface area (Å²) in [5.74, 6) is 0. The van der Waals surface area contributed by atoms with Crippen LogP contribution in [0.15, 0.2) is 22.7 Å². The molecule has 1 aromatic rings. The molecule has 1 aromatic carbocycles. The number of halogens is 1. The lowest BCUT2D eigenvalue weighted by Crippen LogP contribution is -2.49. The Bertz CT molecular complexity index is 423. The van der Waals surface area contributed by atoms with Crippen LogP contribution >= 0.6 is 15.9 Å². The normalized spacial score (nSPS) is 18.9. The molecule has 1 unspecified atom stereocenters. The van der Waals surface area contributed by atoms with Gasteiger partial charge in [0.15, 0.2) is 0 Å². The monoisotopic (exact) mass is 325 g/mol. The van der Waals surface area contributed by atoms with Gasteiger partial charge in [0.2, 0.25) is 0 Å². The number of anilines is 1. The molecule has 1 atom stereocenters. The van der Waals surface area contributed by atoms with Gasteiger partial charge in [-0.15, -0.1) is 0 Å². The summed E-state index contributed by atoms with van der Waals surface area (Å²) in [7, 11) is 0. The predicted octanol–water partition coefficient (Wildman–Crippen LogP) is 3.00. The van der Waals surface area contributed by atoms with Crippen molar-refractivity contribution in [3.8, 4) is 0 Å². The summed E-state index contributed by atoms with van der Waals surface area (Å²) in [6, 6.07) is 7.12. The zero-order valence-corrected chi connectivity index (χ0v) is 13.7. The van der Waals surface area contributed by atoms with Crippen LogP contribution in [0.3, 0.4) is 0 Å². The molecule has 1 fully saturated rings. The second kappa shape index (κ2) is 6.25. The summed E-state index contributed by atoms with van der Waals surface area (Å²) in [4.78, 5) is 4.99.